The van der Waals surface area contributed by atoms with Gasteiger partial charge in [0, 0.05) is 42.2 Å². The Kier molecular flexibility index (Phi) is 9.03. The lowest BCUT2D eigenvalue weighted by Gasteiger charge is -2.16. The van der Waals surface area contributed by atoms with Crippen molar-refractivity contribution in [3.05, 3.63) is 64.4 Å². The van der Waals surface area contributed by atoms with Crippen molar-refractivity contribution in [3.63, 3.8) is 0 Å². The first-order chi connectivity index (χ1) is 13.1. The van der Waals surface area contributed by atoms with Crippen molar-refractivity contribution < 1.29 is 13.9 Å². The van der Waals surface area contributed by atoms with Gasteiger partial charge in [-0.1, -0.05) is 29.8 Å². The zero-order valence-electron chi connectivity index (χ0n) is 15.6. The predicted molar refractivity (Wildman–Crippen MR) is 112 cm³/mol. The molecule has 152 valence electrons. The highest BCUT2D eigenvalue weighted by atomic mass is 35.5. The van der Waals surface area contributed by atoms with E-state index in [4.69, 9.17) is 16.3 Å². The topological polar surface area (TPSA) is 41.6 Å². The van der Waals surface area contributed by atoms with E-state index in [2.05, 4.69) is 5.32 Å². The van der Waals surface area contributed by atoms with Crippen molar-refractivity contribution in [3.8, 4) is 5.75 Å². The number of hydrogen-bond donors (Lipinski definition) is 1. The molecule has 0 aliphatic carbocycles. The van der Waals surface area contributed by atoms with Crippen LogP contribution in [0.15, 0.2) is 42.5 Å². The third kappa shape index (κ3) is 6.36. The average Bonchev–Trinajstić information content (AvgIpc) is 3.07. The molecule has 0 atom stereocenters. The van der Waals surface area contributed by atoms with Gasteiger partial charge in [0.25, 0.3) is 0 Å². The van der Waals surface area contributed by atoms with Gasteiger partial charge in [0.15, 0.2) is 0 Å². The molecule has 0 saturated carbocycles. The van der Waals surface area contributed by atoms with Gasteiger partial charge in [-0.2, -0.15) is 0 Å². The van der Waals surface area contributed by atoms with Crippen LogP contribution in [0, 0.1) is 5.82 Å². The van der Waals surface area contributed by atoms with Gasteiger partial charge < -0.3 is 15.0 Å². The van der Waals surface area contributed by atoms with Crippen LogP contribution in [-0.4, -0.2) is 30.4 Å². The fourth-order valence-corrected chi connectivity index (χ4v) is 3.35. The number of halogens is 3. The van der Waals surface area contributed by atoms with Gasteiger partial charge in [-0.05, 0) is 43.7 Å². The minimum atomic E-state index is -0.275. The second-order valence-electron chi connectivity index (χ2n) is 6.65. The molecule has 1 N–H and O–H groups in total. The molecular weight excluding hydrogens is 402 g/mol. The summed E-state index contributed by atoms with van der Waals surface area (Å²) in [6.45, 7) is 3.22. The smallest absolute Gasteiger partial charge is 0.222 e. The fraction of sp³-hybridized carbons (Fsp3) is 0.381. The molecule has 0 radical (unpaired) electrons. The van der Waals surface area contributed by atoms with Gasteiger partial charge in [0.2, 0.25) is 5.91 Å². The molecule has 1 amide bonds. The molecule has 3 rings (SSSR count). The van der Waals surface area contributed by atoms with E-state index in [0.29, 0.717) is 29.3 Å². The number of carbonyl (C=O) groups excluding carboxylic acids is 1. The summed E-state index contributed by atoms with van der Waals surface area (Å²) in [6.07, 6.45) is 2.55. The number of rotatable bonds is 9. The number of ether oxygens (including phenoxy) is 1. The fourth-order valence-electron chi connectivity index (χ4n) is 3.16. The molecular formula is C21H25Cl2FN2O2. The summed E-state index contributed by atoms with van der Waals surface area (Å²) in [7, 11) is 0. The quantitative estimate of drug-likeness (QED) is 0.596. The van der Waals surface area contributed by atoms with E-state index in [0.717, 1.165) is 38.0 Å². The Hall–Kier alpha value is -1.82. The van der Waals surface area contributed by atoms with Gasteiger partial charge in [0.05, 0.1) is 0 Å². The highest BCUT2D eigenvalue weighted by molar-refractivity contribution is 6.30. The van der Waals surface area contributed by atoms with E-state index in [9.17, 15) is 9.18 Å². The maximum Gasteiger partial charge on any atom is 0.222 e. The molecule has 7 heteroatoms. The molecule has 4 nitrogen and oxygen atoms in total. The lowest BCUT2D eigenvalue weighted by atomic mass is 10.2. The summed E-state index contributed by atoms with van der Waals surface area (Å²) >= 11 is 6.11. The Morgan fingerprint density at radius 1 is 1.18 bits per heavy atom. The van der Waals surface area contributed by atoms with Crippen LogP contribution >= 0.6 is 24.0 Å². The number of nitrogens with one attached hydrogen (secondary N) is 1. The predicted octanol–water partition coefficient (Wildman–Crippen LogP) is 4.58. The normalized spacial score (nSPS) is 13.5. The number of benzene rings is 2. The van der Waals surface area contributed by atoms with E-state index in [1.165, 1.54) is 6.07 Å². The molecule has 1 saturated heterocycles. The second-order valence-corrected chi connectivity index (χ2v) is 7.08. The average molecular weight is 427 g/mol. The largest absolute Gasteiger partial charge is 0.488 e. The molecule has 2 aromatic rings. The third-order valence-corrected chi connectivity index (χ3v) is 4.87. The molecule has 0 spiro atoms. The number of likely N-dealkylation sites (tertiary alicyclic amines) is 1. The van der Waals surface area contributed by atoms with Gasteiger partial charge in [-0.3, -0.25) is 4.79 Å². The Balaban J connectivity index is 0.00000280. The van der Waals surface area contributed by atoms with Crippen molar-refractivity contribution >= 4 is 29.9 Å². The van der Waals surface area contributed by atoms with Crippen LogP contribution in [0.4, 0.5) is 4.39 Å². The van der Waals surface area contributed by atoms with Crippen LogP contribution in [0.1, 0.15) is 30.4 Å². The summed E-state index contributed by atoms with van der Waals surface area (Å²) in [5.41, 5.74) is 1.44. The summed E-state index contributed by atoms with van der Waals surface area (Å²) in [5, 5.41) is 4.00. The Morgan fingerprint density at radius 2 is 2.00 bits per heavy atom. The SMILES string of the molecule is Cl.O=C1CCCN1CCCNCc1cc(Cl)ccc1OCc1ccccc1F. The van der Waals surface area contributed by atoms with E-state index < -0.39 is 0 Å². The van der Waals surface area contributed by atoms with E-state index in [1.807, 2.05) is 17.0 Å². The Bertz CT molecular complexity index is 789. The van der Waals surface area contributed by atoms with Crippen LogP contribution in [-0.2, 0) is 17.9 Å². The molecule has 2 aromatic carbocycles. The van der Waals surface area contributed by atoms with Crippen molar-refractivity contribution in [1.29, 1.82) is 0 Å². The monoisotopic (exact) mass is 426 g/mol. The van der Waals surface area contributed by atoms with Gasteiger partial charge in [0.1, 0.15) is 18.2 Å². The second kappa shape index (κ2) is 11.2. The number of nitrogens with zero attached hydrogens (tertiary/aromatic N) is 1. The standard InChI is InChI=1S/C21H24ClFN2O2.ClH/c22-18-8-9-20(27-15-16-5-1-2-6-19(16)23)17(13-18)14-24-10-4-12-25-11-3-7-21(25)26;/h1-2,5-6,8-9,13,24H,3-4,7,10-12,14-15H2;1H. The first-order valence-electron chi connectivity index (χ1n) is 9.26. The van der Waals surface area contributed by atoms with Crippen molar-refractivity contribution in [2.24, 2.45) is 0 Å². The first-order valence-corrected chi connectivity index (χ1v) is 9.64. The van der Waals surface area contributed by atoms with Crippen LogP contribution in [0.25, 0.3) is 0 Å². The molecule has 0 bridgehead atoms. The Labute approximate surface area is 176 Å². The van der Waals surface area contributed by atoms with Gasteiger partial charge in [-0.25, -0.2) is 4.39 Å². The molecule has 0 aromatic heterocycles. The van der Waals surface area contributed by atoms with Crippen molar-refractivity contribution in [1.82, 2.24) is 10.2 Å². The lowest BCUT2D eigenvalue weighted by Crippen LogP contribution is -2.28. The first kappa shape index (κ1) is 22.5. The van der Waals surface area contributed by atoms with Crippen LogP contribution in [0.2, 0.25) is 5.02 Å². The van der Waals surface area contributed by atoms with Gasteiger partial charge in [-0.15, -0.1) is 12.4 Å². The summed E-state index contributed by atoms with van der Waals surface area (Å²) < 4.78 is 19.6. The molecule has 1 aliphatic heterocycles. The molecule has 1 heterocycles. The van der Waals surface area contributed by atoms with Gasteiger partial charge >= 0.3 is 0 Å². The summed E-state index contributed by atoms with van der Waals surface area (Å²) in [5.74, 6) is 0.668. The third-order valence-electron chi connectivity index (χ3n) is 4.63. The van der Waals surface area contributed by atoms with Crippen LogP contribution in [0.3, 0.4) is 0 Å². The maximum absolute atomic E-state index is 13.8. The molecule has 28 heavy (non-hydrogen) atoms. The van der Waals surface area contributed by atoms with Crippen LogP contribution < -0.4 is 10.1 Å². The number of carbonyl (C=O) groups is 1. The van der Waals surface area contributed by atoms with E-state index >= 15 is 0 Å². The zero-order chi connectivity index (χ0) is 19.1. The highest BCUT2D eigenvalue weighted by Crippen LogP contribution is 2.24. The highest BCUT2D eigenvalue weighted by Gasteiger charge is 2.18. The van der Waals surface area contributed by atoms with E-state index in [1.54, 1.807) is 24.3 Å². The van der Waals surface area contributed by atoms with E-state index in [-0.39, 0.29) is 30.7 Å². The number of amides is 1. The molecule has 1 fully saturated rings. The maximum atomic E-state index is 13.8. The minimum absolute atomic E-state index is 0. The van der Waals surface area contributed by atoms with Crippen molar-refractivity contribution in [2.45, 2.75) is 32.4 Å². The summed E-state index contributed by atoms with van der Waals surface area (Å²) in [6, 6.07) is 12.0. The lowest BCUT2D eigenvalue weighted by molar-refractivity contribution is -0.127. The van der Waals surface area contributed by atoms with Crippen LogP contribution in [0.5, 0.6) is 5.75 Å². The molecule has 0 unspecified atom stereocenters. The van der Waals surface area contributed by atoms with Crippen molar-refractivity contribution in [2.75, 3.05) is 19.6 Å². The zero-order valence-corrected chi connectivity index (χ0v) is 17.2. The number of hydrogen-bond acceptors (Lipinski definition) is 3. The summed E-state index contributed by atoms with van der Waals surface area (Å²) in [4.78, 5) is 13.5. The Morgan fingerprint density at radius 3 is 2.75 bits per heavy atom. The molecule has 1 aliphatic rings. The minimum Gasteiger partial charge on any atom is -0.488 e.